The molecule has 2 heterocycles. The highest BCUT2D eigenvalue weighted by atomic mass is 35.5. The molecule has 0 radical (unpaired) electrons. The van der Waals surface area contributed by atoms with Gasteiger partial charge in [-0.3, -0.25) is 4.79 Å². The zero-order valence-electron chi connectivity index (χ0n) is 13.6. The first-order valence-corrected chi connectivity index (χ1v) is 8.03. The summed E-state index contributed by atoms with van der Waals surface area (Å²) < 4.78 is 33.0. The number of amides is 1. The van der Waals surface area contributed by atoms with Crippen LogP contribution in [0.2, 0.25) is 5.02 Å². The number of nitrogens with one attached hydrogen (secondary N) is 1. The van der Waals surface area contributed by atoms with Crippen molar-refractivity contribution in [1.29, 1.82) is 5.26 Å². The van der Waals surface area contributed by atoms with Gasteiger partial charge in [-0.05, 0) is 24.3 Å². The molecule has 2 atom stereocenters. The molecule has 0 bridgehead atoms. The van der Waals surface area contributed by atoms with Crippen molar-refractivity contribution >= 4 is 29.2 Å². The van der Waals surface area contributed by atoms with E-state index in [4.69, 9.17) is 27.3 Å². The van der Waals surface area contributed by atoms with Crippen molar-refractivity contribution in [3.63, 3.8) is 0 Å². The van der Waals surface area contributed by atoms with Crippen LogP contribution in [0.4, 0.5) is 14.5 Å². The van der Waals surface area contributed by atoms with Crippen LogP contribution >= 0.6 is 11.6 Å². The molecule has 1 aromatic carbocycles. The number of nitriles is 1. The Morgan fingerprint density at radius 3 is 2.93 bits per heavy atom. The predicted molar refractivity (Wildman–Crippen MR) is 93.5 cm³/mol. The number of halogens is 3. The normalized spacial score (nSPS) is 18.8. The van der Waals surface area contributed by atoms with E-state index in [0.717, 1.165) is 6.07 Å². The second-order valence-electron chi connectivity index (χ2n) is 5.60. The average molecular weight is 392 g/mol. The van der Waals surface area contributed by atoms with Crippen molar-refractivity contribution in [1.82, 2.24) is 4.98 Å². The Labute approximate surface area is 157 Å². The number of rotatable bonds is 3. The Morgan fingerprint density at radius 2 is 2.22 bits per heavy atom. The van der Waals surface area contributed by atoms with Gasteiger partial charge in [-0.1, -0.05) is 11.6 Å². The van der Waals surface area contributed by atoms with E-state index in [1.54, 1.807) is 0 Å². The number of hydrogen-bond donors (Lipinski definition) is 2. The Hall–Kier alpha value is -3.25. The number of alkyl halides is 1. The lowest BCUT2D eigenvalue weighted by atomic mass is 10.0. The fourth-order valence-corrected chi connectivity index (χ4v) is 2.73. The molecule has 138 valence electrons. The van der Waals surface area contributed by atoms with Gasteiger partial charge >= 0.3 is 0 Å². The van der Waals surface area contributed by atoms with Crippen LogP contribution in [0.5, 0.6) is 0 Å². The van der Waals surface area contributed by atoms with E-state index in [-0.39, 0.29) is 40.2 Å². The number of carbonyl (C=O) groups is 1. The van der Waals surface area contributed by atoms with Gasteiger partial charge in [-0.15, -0.1) is 0 Å². The van der Waals surface area contributed by atoms with Crippen molar-refractivity contribution in [2.24, 2.45) is 10.7 Å². The van der Waals surface area contributed by atoms with E-state index in [9.17, 15) is 13.6 Å². The molecule has 0 spiro atoms. The van der Waals surface area contributed by atoms with Crippen LogP contribution in [0.25, 0.3) is 0 Å². The Kier molecular flexibility index (Phi) is 5.19. The molecule has 7 nitrogen and oxygen atoms in total. The maximum Gasteiger partial charge on any atom is 0.282 e. The summed E-state index contributed by atoms with van der Waals surface area (Å²) in [5.41, 5.74) is 5.63. The van der Waals surface area contributed by atoms with E-state index in [1.807, 2.05) is 6.07 Å². The number of benzene rings is 1. The summed E-state index contributed by atoms with van der Waals surface area (Å²) in [6.45, 7) is -0.346. The van der Waals surface area contributed by atoms with E-state index < -0.39 is 23.9 Å². The highest BCUT2D eigenvalue weighted by Gasteiger charge is 2.30. The first-order valence-electron chi connectivity index (χ1n) is 7.65. The molecule has 27 heavy (non-hydrogen) atoms. The highest BCUT2D eigenvalue weighted by Crippen LogP contribution is 2.31. The number of aromatic nitrogens is 1. The van der Waals surface area contributed by atoms with Crippen molar-refractivity contribution < 1.29 is 18.3 Å². The topological polar surface area (TPSA) is 113 Å². The van der Waals surface area contributed by atoms with E-state index in [0.29, 0.717) is 0 Å². The zero-order chi connectivity index (χ0) is 19.6. The zero-order valence-corrected chi connectivity index (χ0v) is 14.4. The van der Waals surface area contributed by atoms with Crippen LogP contribution in [0.3, 0.4) is 0 Å². The van der Waals surface area contributed by atoms with Crippen LogP contribution < -0.4 is 11.1 Å². The average Bonchev–Trinajstić information content (AvgIpc) is 2.65. The standard InChI is InChI=1S/C17H12ClF2N5O2/c18-11-3-8(5-21)6-23-15(11)16(26)24-9-1-2-12(19)10(4-9)14-13(20)7-27-17(22)25-14/h1-4,6,13-14H,7H2,(H2,22,25)(H,24,26). The maximum absolute atomic E-state index is 14.2. The Morgan fingerprint density at radius 1 is 1.44 bits per heavy atom. The number of anilines is 1. The molecule has 1 amide bonds. The summed E-state index contributed by atoms with van der Waals surface area (Å²) in [6.07, 6.45) is -0.392. The summed E-state index contributed by atoms with van der Waals surface area (Å²) in [7, 11) is 0. The minimum absolute atomic E-state index is 0.0143. The SMILES string of the molecule is N#Cc1cnc(C(=O)Nc2ccc(F)c(C3N=C(N)OCC3F)c2)c(Cl)c1. The summed E-state index contributed by atoms with van der Waals surface area (Å²) in [4.78, 5) is 20.0. The molecule has 1 aromatic heterocycles. The summed E-state index contributed by atoms with van der Waals surface area (Å²) in [5, 5.41) is 11.3. The molecule has 1 aliphatic rings. The molecule has 2 aromatic rings. The number of hydrogen-bond acceptors (Lipinski definition) is 6. The van der Waals surface area contributed by atoms with Crippen LogP contribution in [-0.2, 0) is 4.74 Å². The third-order valence-corrected chi connectivity index (χ3v) is 4.05. The summed E-state index contributed by atoms with van der Waals surface area (Å²) in [5.74, 6) is -1.37. The van der Waals surface area contributed by atoms with Gasteiger partial charge < -0.3 is 15.8 Å². The minimum atomic E-state index is -1.59. The van der Waals surface area contributed by atoms with Gasteiger partial charge in [0.15, 0.2) is 6.17 Å². The van der Waals surface area contributed by atoms with Crippen molar-refractivity contribution in [2.75, 3.05) is 11.9 Å². The fourth-order valence-electron chi connectivity index (χ4n) is 2.48. The predicted octanol–water partition coefficient (Wildman–Crippen LogP) is 2.72. The molecule has 0 aliphatic carbocycles. The number of nitrogens with two attached hydrogens (primary N) is 1. The van der Waals surface area contributed by atoms with Gasteiger partial charge in [0.1, 0.15) is 30.2 Å². The fraction of sp³-hybridized carbons (Fsp3) is 0.176. The summed E-state index contributed by atoms with van der Waals surface area (Å²) >= 11 is 5.95. The quantitative estimate of drug-likeness (QED) is 0.835. The van der Waals surface area contributed by atoms with E-state index in [1.165, 1.54) is 24.4 Å². The number of carbonyl (C=O) groups excluding carboxylic acids is 1. The first-order chi connectivity index (χ1) is 12.9. The second kappa shape index (κ2) is 7.55. The van der Waals surface area contributed by atoms with Crippen LogP contribution in [0.1, 0.15) is 27.7 Å². The largest absolute Gasteiger partial charge is 0.462 e. The van der Waals surface area contributed by atoms with Crippen molar-refractivity contribution in [2.45, 2.75) is 12.2 Å². The minimum Gasteiger partial charge on any atom is -0.462 e. The molecule has 2 unspecified atom stereocenters. The monoisotopic (exact) mass is 391 g/mol. The molecule has 0 saturated heterocycles. The lowest BCUT2D eigenvalue weighted by Gasteiger charge is -2.24. The van der Waals surface area contributed by atoms with E-state index >= 15 is 0 Å². The number of ether oxygens (including phenoxy) is 1. The molecule has 3 N–H and O–H groups in total. The summed E-state index contributed by atoms with van der Waals surface area (Å²) in [6, 6.07) is 5.35. The lowest BCUT2D eigenvalue weighted by Crippen LogP contribution is -2.32. The molecular weight excluding hydrogens is 380 g/mol. The van der Waals surface area contributed by atoms with Gasteiger partial charge in [0.05, 0.1) is 10.6 Å². The van der Waals surface area contributed by atoms with Gasteiger partial charge in [-0.25, -0.2) is 18.8 Å². The molecule has 3 rings (SSSR count). The molecular formula is C17H12ClF2N5O2. The lowest BCUT2D eigenvalue weighted by molar-refractivity contribution is 0.102. The molecule has 0 saturated carbocycles. The van der Waals surface area contributed by atoms with Crippen molar-refractivity contribution in [3.8, 4) is 6.07 Å². The van der Waals surface area contributed by atoms with Crippen molar-refractivity contribution in [3.05, 3.63) is 58.1 Å². The number of amidine groups is 1. The Balaban J connectivity index is 1.87. The van der Waals surface area contributed by atoms with Gasteiger partial charge in [0, 0.05) is 17.4 Å². The maximum atomic E-state index is 14.2. The highest BCUT2D eigenvalue weighted by molar-refractivity contribution is 6.34. The number of aliphatic imine (C=N–C) groups is 1. The number of pyridine rings is 1. The van der Waals surface area contributed by atoms with E-state index in [2.05, 4.69) is 15.3 Å². The van der Waals surface area contributed by atoms with Crippen LogP contribution in [0, 0.1) is 17.1 Å². The van der Waals surface area contributed by atoms with Gasteiger partial charge in [0.2, 0.25) is 0 Å². The molecule has 0 fully saturated rings. The molecule has 1 aliphatic heterocycles. The smallest absolute Gasteiger partial charge is 0.282 e. The Bertz CT molecular complexity index is 976. The molecule has 10 heteroatoms. The first kappa shape index (κ1) is 18.5. The second-order valence-corrected chi connectivity index (χ2v) is 6.00. The van der Waals surface area contributed by atoms with Gasteiger partial charge in [0.25, 0.3) is 11.9 Å². The van der Waals surface area contributed by atoms with Crippen LogP contribution in [0.15, 0.2) is 35.5 Å². The van der Waals surface area contributed by atoms with Crippen LogP contribution in [-0.4, -0.2) is 29.7 Å². The third kappa shape index (κ3) is 3.96. The van der Waals surface area contributed by atoms with Gasteiger partial charge in [-0.2, -0.15) is 5.26 Å². The number of nitrogens with zero attached hydrogens (tertiary/aromatic N) is 3. The third-order valence-electron chi connectivity index (χ3n) is 3.76.